The molecule has 1 fully saturated rings. The van der Waals surface area contributed by atoms with Crippen LogP contribution in [0, 0.1) is 6.92 Å². The van der Waals surface area contributed by atoms with Crippen molar-refractivity contribution in [3.8, 4) is 0 Å². The molecule has 1 N–H and O–H groups in total. The summed E-state index contributed by atoms with van der Waals surface area (Å²) in [6.45, 7) is 8.14. The van der Waals surface area contributed by atoms with Crippen LogP contribution in [0.25, 0.3) is 10.9 Å². The van der Waals surface area contributed by atoms with Crippen molar-refractivity contribution in [2.75, 3.05) is 37.7 Å². The molecule has 8 heteroatoms. The number of carbonyl (C=O) groups excluding carboxylic acids is 1. The lowest BCUT2D eigenvalue weighted by molar-refractivity contribution is 0.0526. The van der Waals surface area contributed by atoms with Crippen molar-refractivity contribution in [1.82, 2.24) is 25.1 Å². The normalized spacial score (nSPS) is 15.1. The molecule has 146 valence electrons. The lowest BCUT2D eigenvalue weighted by Gasteiger charge is -2.36. The van der Waals surface area contributed by atoms with Gasteiger partial charge in [0.15, 0.2) is 5.82 Å². The van der Waals surface area contributed by atoms with Crippen LogP contribution in [0.5, 0.6) is 0 Å². The number of rotatable bonds is 5. The van der Waals surface area contributed by atoms with Gasteiger partial charge in [0.2, 0.25) is 0 Å². The molecule has 0 spiro atoms. The Labute approximate surface area is 163 Å². The van der Waals surface area contributed by atoms with Crippen LogP contribution in [0.2, 0.25) is 0 Å². The Kier molecular flexibility index (Phi) is 5.21. The molecule has 0 saturated carbocycles. The first kappa shape index (κ1) is 18.4. The van der Waals surface area contributed by atoms with E-state index in [2.05, 4.69) is 30.0 Å². The molecule has 1 aliphatic rings. The Balaban J connectivity index is 1.58. The number of esters is 1. The largest absolute Gasteiger partial charge is 0.462 e. The number of carbonyl (C=O) groups is 1. The van der Waals surface area contributed by atoms with Gasteiger partial charge in [0.25, 0.3) is 0 Å². The number of piperazine rings is 1. The summed E-state index contributed by atoms with van der Waals surface area (Å²) >= 11 is 0. The lowest BCUT2D eigenvalue weighted by Crippen LogP contribution is -2.46. The molecule has 1 saturated heterocycles. The Morgan fingerprint density at radius 3 is 2.71 bits per heavy atom. The highest BCUT2D eigenvalue weighted by molar-refractivity contribution is 6.05. The van der Waals surface area contributed by atoms with Gasteiger partial charge in [0.1, 0.15) is 11.4 Å². The maximum Gasteiger partial charge on any atom is 0.341 e. The third-order valence-electron chi connectivity index (χ3n) is 4.94. The van der Waals surface area contributed by atoms with Crippen molar-refractivity contribution >= 4 is 22.6 Å². The van der Waals surface area contributed by atoms with Crippen molar-refractivity contribution in [3.05, 3.63) is 47.7 Å². The number of pyridine rings is 1. The summed E-state index contributed by atoms with van der Waals surface area (Å²) in [6.07, 6.45) is 1.64. The zero-order valence-electron chi connectivity index (χ0n) is 16.2. The third kappa shape index (κ3) is 3.68. The van der Waals surface area contributed by atoms with Gasteiger partial charge in [0.05, 0.1) is 24.4 Å². The van der Waals surface area contributed by atoms with E-state index in [9.17, 15) is 4.79 Å². The summed E-state index contributed by atoms with van der Waals surface area (Å²) in [6, 6.07) is 7.92. The van der Waals surface area contributed by atoms with Crippen LogP contribution in [-0.4, -0.2) is 63.8 Å². The maximum atomic E-state index is 12.5. The molecule has 1 aliphatic heterocycles. The van der Waals surface area contributed by atoms with Gasteiger partial charge in [-0.1, -0.05) is 18.2 Å². The molecule has 0 aliphatic carbocycles. The Morgan fingerprint density at radius 1 is 1.21 bits per heavy atom. The highest BCUT2D eigenvalue weighted by Crippen LogP contribution is 2.31. The molecule has 8 nitrogen and oxygen atoms in total. The van der Waals surface area contributed by atoms with Gasteiger partial charge in [-0.15, -0.1) is 0 Å². The van der Waals surface area contributed by atoms with Crippen molar-refractivity contribution in [2.45, 2.75) is 20.4 Å². The van der Waals surface area contributed by atoms with Gasteiger partial charge >= 0.3 is 5.97 Å². The topological polar surface area (TPSA) is 87.2 Å². The van der Waals surface area contributed by atoms with Crippen molar-refractivity contribution < 1.29 is 9.53 Å². The first-order valence-corrected chi connectivity index (χ1v) is 9.55. The highest BCUT2D eigenvalue weighted by Gasteiger charge is 2.25. The van der Waals surface area contributed by atoms with Gasteiger partial charge < -0.3 is 9.64 Å². The summed E-state index contributed by atoms with van der Waals surface area (Å²) in [5.41, 5.74) is 2.32. The minimum Gasteiger partial charge on any atom is -0.462 e. The predicted molar refractivity (Wildman–Crippen MR) is 106 cm³/mol. The number of para-hydroxylation sites is 1. The van der Waals surface area contributed by atoms with E-state index in [-0.39, 0.29) is 5.97 Å². The molecular formula is C20H24N6O2. The molecule has 0 bridgehead atoms. The second kappa shape index (κ2) is 7.93. The number of aromatic amines is 1. The van der Waals surface area contributed by atoms with E-state index >= 15 is 0 Å². The molecule has 0 unspecified atom stereocenters. The summed E-state index contributed by atoms with van der Waals surface area (Å²) in [5.74, 6) is 1.32. The average Bonchev–Trinajstić information content (AvgIpc) is 3.12. The van der Waals surface area contributed by atoms with Gasteiger partial charge in [0, 0.05) is 37.8 Å². The number of hydrogen-bond donors (Lipinski definition) is 1. The Hall–Kier alpha value is -3.00. The van der Waals surface area contributed by atoms with Crippen LogP contribution in [0.1, 0.15) is 28.9 Å². The zero-order valence-corrected chi connectivity index (χ0v) is 16.2. The first-order valence-electron chi connectivity index (χ1n) is 9.55. The van der Waals surface area contributed by atoms with Crippen molar-refractivity contribution in [3.63, 3.8) is 0 Å². The van der Waals surface area contributed by atoms with Crippen LogP contribution in [0.3, 0.4) is 0 Å². The van der Waals surface area contributed by atoms with Gasteiger partial charge in [-0.25, -0.2) is 9.78 Å². The zero-order chi connectivity index (χ0) is 19.5. The number of hydrogen-bond acceptors (Lipinski definition) is 7. The van der Waals surface area contributed by atoms with Crippen molar-refractivity contribution in [1.29, 1.82) is 0 Å². The summed E-state index contributed by atoms with van der Waals surface area (Å²) < 4.78 is 5.27. The minimum absolute atomic E-state index is 0.325. The fourth-order valence-electron chi connectivity index (χ4n) is 3.62. The molecule has 28 heavy (non-hydrogen) atoms. The highest BCUT2D eigenvalue weighted by atomic mass is 16.5. The van der Waals surface area contributed by atoms with E-state index in [4.69, 9.17) is 4.74 Å². The van der Waals surface area contributed by atoms with Gasteiger partial charge in [-0.05, 0) is 19.9 Å². The number of benzene rings is 1. The van der Waals surface area contributed by atoms with Gasteiger partial charge in [-0.2, -0.15) is 5.10 Å². The van der Waals surface area contributed by atoms with E-state index < -0.39 is 0 Å². The van der Waals surface area contributed by atoms with Crippen LogP contribution in [0.15, 0.2) is 30.5 Å². The number of fused-ring (bicyclic) bond motifs is 1. The predicted octanol–water partition coefficient (Wildman–Crippen LogP) is 2.16. The summed E-state index contributed by atoms with van der Waals surface area (Å²) in [5, 5.41) is 8.09. The molecule has 1 aromatic carbocycles. The number of anilines is 1. The average molecular weight is 380 g/mol. The lowest BCUT2D eigenvalue weighted by atomic mass is 10.1. The number of H-pyrrole nitrogens is 1. The van der Waals surface area contributed by atoms with E-state index in [1.54, 1.807) is 6.20 Å². The van der Waals surface area contributed by atoms with Crippen LogP contribution in [-0.2, 0) is 11.3 Å². The Morgan fingerprint density at radius 2 is 2.00 bits per heavy atom. The molecule has 2 aromatic heterocycles. The summed E-state index contributed by atoms with van der Waals surface area (Å²) in [4.78, 5) is 26.0. The third-order valence-corrected chi connectivity index (χ3v) is 4.94. The number of nitrogens with zero attached hydrogens (tertiary/aromatic N) is 5. The van der Waals surface area contributed by atoms with Crippen LogP contribution >= 0.6 is 0 Å². The fourth-order valence-corrected chi connectivity index (χ4v) is 3.62. The minimum atomic E-state index is -0.325. The van der Waals surface area contributed by atoms with Crippen molar-refractivity contribution in [2.24, 2.45) is 0 Å². The Bertz CT molecular complexity index is 978. The molecule has 4 rings (SSSR count). The molecule has 0 atom stereocenters. The monoisotopic (exact) mass is 380 g/mol. The number of ether oxygens (including phenoxy) is 1. The second-order valence-electron chi connectivity index (χ2n) is 6.86. The number of aromatic nitrogens is 4. The SMILES string of the molecule is CCOC(=O)c1cnc2ccccc2c1N1CCN(Cc2n[nH]c(C)n2)CC1. The van der Waals surface area contributed by atoms with E-state index in [1.807, 2.05) is 38.1 Å². The molecule has 0 amide bonds. The second-order valence-corrected chi connectivity index (χ2v) is 6.86. The van der Waals surface area contributed by atoms with Crippen LogP contribution < -0.4 is 4.90 Å². The van der Waals surface area contributed by atoms with E-state index in [0.29, 0.717) is 12.2 Å². The van der Waals surface area contributed by atoms with E-state index in [1.165, 1.54) is 0 Å². The quantitative estimate of drug-likeness (QED) is 0.679. The number of aryl methyl sites for hydroxylation is 1. The molecule has 3 heterocycles. The number of nitrogens with one attached hydrogen (secondary N) is 1. The molecular weight excluding hydrogens is 356 g/mol. The van der Waals surface area contributed by atoms with Gasteiger partial charge in [-0.3, -0.25) is 15.0 Å². The molecule has 0 radical (unpaired) electrons. The van der Waals surface area contributed by atoms with Crippen LogP contribution in [0.4, 0.5) is 5.69 Å². The maximum absolute atomic E-state index is 12.5. The summed E-state index contributed by atoms with van der Waals surface area (Å²) in [7, 11) is 0. The fraction of sp³-hybridized carbons (Fsp3) is 0.400. The van der Waals surface area contributed by atoms with E-state index in [0.717, 1.165) is 61.0 Å². The standard InChI is InChI=1S/C20H24N6O2/c1-3-28-20(27)16-12-21-17-7-5-4-6-15(17)19(16)26-10-8-25(9-11-26)13-18-22-14(2)23-24-18/h4-7,12H,3,8-11,13H2,1-2H3,(H,22,23,24). The molecule has 3 aromatic rings. The first-order chi connectivity index (χ1) is 13.7. The smallest absolute Gasteiger partial charge is 0.341 e.